The van der Waals surface area contributed by atoms with E-state index in [0.717, 1.165) is 45.2 Å². The average molecular weight is 333 g/mol. The zero-order valence-electron chi connectivity index (χ0n) is 12.8. The van der Waals surface area contributed by atoms with E-state index in [1.54, 1.807) is 11.3 Å². The SMILES string of the molecule is CCc1nc2sc(CC)c(-c3ccc(Cl)c(C)c3)c2c(=O)[nH]1. The van der Waals surface area contributed by atoms with Crippen LogP contribution in [0.25, 0.3) is 21.3 Å². The molecule has 0 atom stereocenters. The molecule has 3 rings (SSSR count). The van der Waals surface area contributed by atoms with Crippen molar-refractivity contribution in [2.24, 2.45) is 0 Å². The highest BCUT2D eigenvalue weighted by Crippen LogP contribution is 2.37. The summed E-state index contributed by atoms with van der Waals surface area (Å²) in [6.07, 6.45) is 1.60. The van der Waals surface area contributed by atoms with E-state index in [0.29, 0.717) is 5.39 Å². The standard InChI is InChI=1S/C17H17ClN2OS/c1-4-12-14(10-6-7-11(18)9(3)8-10)15-16(21)19-13(5-2)20-17(15)22-12/h6-8H,4-5H2,1-3H3,(H,19,20,21). The highest BCUT2D eigenvalue weighted by molar-refractivity contribution is 7.19. The summed E-state index contributed by atoms with van der Waals surface area (Å²) in [7, 11) is 0. The zero-order valence-corrected chi connectivity index (χ0v) is 14.4. The van der Waals surface area contributed by atoms with Crippen LogP contribution in [0.5, 0.6) is 0 Å². The van der Waals surface area contributed by atoms with Crippen LogP contribution in [-0.2, 0) is 12.8 Å². The number of fused-ring (bicyclic) bond motifs is 1. The second-order valence-electron chi connectivity index (χ2n) is 5.26. The fraction of sp³-hybridized carbons (Fsp3) is 0.294. The number of hydrogen-bond acceptors (Lipinski definition) is 3. The smallest absolute Gasteiger partial charge is 0.260 e. The van der Waals surface area contributed by atoms with Crippen molar-refractivity contribution in [3.63, 3.8) is 0 Å². The van der Waals surface area contributed by atoms with Gasteiger partial charge in [0, 0.05) is 21.9 Å². The van der Waals surface area contributed by atoms with E-state index in [1.165, 1.54) is 4.88 Å². The zero-order chi connectivity index (χ0) is 15.9. The lowest BCUT2D eigenvalue weighted by molar-refractivity contribution is 0.948. The lowest BCUT2D eigenvalue weighted by Crippen LogP contribution is -2.10. The molecule has 0 unspecified atom stereocenters. The molecule has 3 nitrogen and oxygen atoms in total. The van der Waals surface area contributed by atoms with Crippen LogP contribution in [0.15, 0.2) is 23.0 Å². The van der Waals surface area contributed by atoms with Gasteiger partial charge in [-0.25, -0.2) is 4.98 Å². The molecule has 0 aliphatic rings. The van der Waals surface area contributed by atoms with Crippen molar-refractivity contribution >= 4 is 33.2 Å². The van der Waals surface area contributed by atoms with E-state index in [-0.39, 0.29) is 5.56 Å². The maximum absolute atomic E-state index is 12.5. The van der Waals surface area contributed by atoms with Gasteiger partial charge in [-0.2, -0.15) is 0 Å². The number of H-pyrrole nitrogens is 1. The molecular formula is C17H17ClN2OS. The van der Waals surface area contributed by atoms with E-state index >= 15 is 0 Å². The Morgan fingerprint density at radius 3 is 2.68 bits per heavy atom. The summed E-state index contributed by atoms with van der Waals surface area (Å²) in [5.41, 5.74) is 2.98. The van der Waals surface area contributed by atoms with Gasteiger partial charge in [-0.15, -0.1) is 11.3 Å². The van der Waals surface area contributed by atoms with Gasteiger partial charge in [0.1, 0.15) is 10.7 Å². The Labute approximate surface area is 138 Å². The minimum absolute atomic E-state index is 0.0552. The van der Waals surface area contributed by atoms with Crippen LogP contribution in [0.1, 0.15) is 30.1 Å². The van der Waals surface area contributed by atoms with E-state index in [9.17, 15) is 4.79 Å². The van der Waals surface area contributed by atoms with Crippen molar-refractivity contribution in [1.29, 1.82) is 0 Å². The van der Waals surface area contributed by atoms with Crippen LogP contribution >= 0.6 is 22.9 Å². The third kappa shape index (κ3) is 2.46. The van der Waals surface area contributed by atoms with E-state index in [4.69, 9.17) is 11.6 Å². The van der Waals surface area contributed by atoms with Crippen molar-refractivity contribution in [3.05, 3.63) is 49.8 Å². The first kappa shape index (κ1) is 15.3. The van der Waals surface area contributed by atoms with Crippen LogP contribution in [0.4, 0.5) is 0 Å². The Morgan fingerprint density at radius 2 is 2.05 bits per heavy atom. The highest BCUT2D eigenvalue weighted by Gasteiger charge is 2.18. The molecule has 0 aliphatic carbocycles. The van der Waals surface area contributed by atoms with Gasteiger partial charge < -0.3 is 4.98 Å². The van der Waals surface area contributed by atoms with Crippen LogP contribution < -0.4 is 5.56 Å². The Balaban J connectivity index is 2.36. The topological polar surface area (TPSA) is 45.8 Å². The molecule has 0 radical (unpaired) electrons. The van der Waals surface area contributed by atoms with Crippen LogP contribution in [0.3, 0.4) is 0 Å². The average Bonchev–Trinajstić information content (AvgIpc) is 2.89. The number of hydrogen-bond donors (Lipinski definition) is 1. The lowest BCUT2D eigenvalue weighted by atomic mass is 10.0. The van der Waals surface area contributed by atoms with Crippen LogP contribution in [0, 0.1) is 6.92 Å². The molecule has 0 fully saturated rings. The number of nitrogens with one attached hydrogen (secondary N) is 1. The first-order valence-corrected chi connectivity index (χ1v) is 8.55. The molecule has 1 N–H and O–H groups in total. The number of halogens is 1. The maximum Gasteiger partial charge on any atom is 0.260 e. The molecule has 22 heavy (non-hydrogen) atoms. The normalized spacial score (nSPS) is 11.3. The molecule has 2 heterocycles. The number of aromatic nitrogens is 2. The molecule has 3 aromatic rings. The van der Waals surface area contributed by atoms with Gasteiger partial charge in [-0.05, 0) is 36.6 Å². The van der Waals surface area contributed by atoms with Crippen molar-refractivity contribution in [3.8, 4) is 11.1 Å². The minimum atomic E-state index is -0.0552. The van der Waals surface area contributed by atoms with Gasteiger partial charge >= 0.3 is 0 Å². The Hall–Kier alpha value is -1.65. The number of thiophene rings is 1. The third-order valence-electron chi connectivity index (χ3n) is 3.79. The summed E-state index contributed by atoms with van der Waals surface area (Å²) in [5, 5.41) is 1.43. The van der Waals surface area contributed by atoms with Crippen LogP contribution in [0.2, 0.25) is 5.02 Å². The van der Waals surface area contributed by atoms with Gasteiger partial charge in [-0.3, -0.25) is 4.79 Å². The first-order valence-electron chi connectivity index (χ1n) is 7.36. The summed E-state index contributed by atoms with van der Waals surface area (Å²) in [4.78, 5) is 22.0. The van der Waals surface area contributed by atoms with Gasteiger partial charge in [0.05, 0.1) is 5.39 Å². The summed E-state index contributed by atoms with van der Waals surface area (Å²) in [6.45, 7) is 6.07. The quantitative estimate of drug-likeness (QED) is 0.753. The molecule has 114 valence electrons. The Kier molecular flexibility index (Phi) is 4.06. The Morgan fingerprint density at radius 1 is 1.27 bits per heavy atom. The first-order chi connectivity index (χ1) is 10.5. The maximum atomic E-state index is 12.5. The van der Waals surface area contributed by atoms with Crippen LogP contribution in [-0.4, -0.2) is 9.97 Å². The predicted molar refractivity (Wildman–Crippen MR) is 94.2 cm³/mol. The Bertz CT molecular complexity index is 911. The molecule has 5 heteroatoms. The number of rotatable bonds is 3. The largest absolute Gasteiger partial charge is 0.310 e. The summed E-state index contributed by atoms with van der Waals surface area (Å²) >= 11 is 7.74. The van der Waals surface area contributed by atoms with Gasteiger partial charge in [-0.1, -0.05) is 31.5 Å². The third-order valence-corrected chi connectivity index (χ3v) is 5.44. The molecule has 2 aromatic heterocycles. The summed E-state index contributed by atoms with van der Waals surface area (Å²) in [6, 6.07) is 5.90. The van der Waals surface area contributed by atoms with E-state index in [2.05, 4.69) is 16.9 Å². The van der Waals surface area contributed by atoms with Crippen molar-refractivity contribution < 1.29 is 0 Å². The van der Waals surface area contributed by atoms with E-state index in [1.807, 2.05) is 32.0 Å². The fourth-order valence-electron chi connectivity index (χ4n) is 2.62. The number of nitrogens with zero attached hydrogens (tertiary/aromatic N) is 1. The molecule has 0 aliphatic heterocycles. The molecular weight excluding hydrogens is 316 g/mol. The molecule has 0 spiro atoms. The van der Waals surface area contributed by atoms with Gasteiger partial charge in [0.15, 0.2) is 0 Å². The number of aryl methyl sites for hydroxylation is 3. The highest BCUT2D eigenvalue weighted by atomic mass is 35.5. The molecule has 0 bridgehead atoms. The van der Waals surface area contributed by atoms with Gasteiger partial charge in [0.2, 0.25) is 0 Å². The van der Waals surface area contributed by atoms with Crippen molar-refractivity contribution in [2.45, 2.75) is 33.6 Å². The fourth-order valence-corrected chi connectivity index (χ4v) is 3.89. The second-order valence-corrected chi connectivity index (χ2v) is 6.75. The van der Waals surface area contributed by atoms with Crippen molar-refractivity contribution in [2.75, 3.05) is 0 Å². The summed E-state index contributed by atoms with van der Waals surface area (Å²) < 4.78 is 0. The summed E-state index contributed by atoms with van der Waals surface area (Å²) in [5.74, 6) is 0.736. The minimum Gasteiger partial charge on any atom is -0.310 e. The molecule has 1 aromatic carbocycles. The molecule has 0 saturated heterocycles. The van der Waals surface area contributed by atoms with E-state index < -0.39 is 0 Å². The number of aromatic amines is 1. The number of benzene rings is 1. The second kappa shape index (κ2) is 5.86. The van der Waals surface area contributed by atoms with Crippen molar-refractivity contribution in [1.82, 2.24) is 9.97 Å². The monoisotopic (exact) mass is 332 g/mol. The molecule has 0 saturated carbocycles. The van der Waals surface area contributed by atoms with Gasteiger partial charge in [0.25, 0.3) is 5.56 Å². The molecule has 0 amide bonds. The lowest BCUT2D eigenvalue weighted by Gasteiger charge is -2.06. The predicted octanol–water partition coefficient (Wildman–Crippen LogP) is 4.74.